The Kier molecular flexibility index (Phi) is 4.48. The van der Waals surface area contributed by atoms with Crippen molar-refractivity contribution in [1.82, 2.24) is 5.32 Å². The highest BCUT2D eigenvalue weighted by Gasteiger charge is 2.27. The zero-order valence-electron chi connectivity index (χ0n) is 11.5. The fourth-order valence-corrected chi connectivity index (χ4v) is 2.98. The Morgan fingerprint density at radius 3 is 2.56 bits per heavy atom. The van der Waals surface area contributed by atoms with Gasteiger partial charge in [0.25, 0.3) is 0 Å². The Labute approximate surface area is 109 Å². The molecule has 3 heteroatoms. The molecule has 0 amide bonds. The molecule has 2 rings (SSSR count). The van der Waals surface area contributed by atoms with Crippen LogP contribution in [0.2, 0.25) is 0 Å². The Bertz CT molecular complexity index is 392. The third-order valence-corrected chi connectivity index (χ3v) is 3.97. The summed E-state index contributed by atoms with van der Waals surface area (Å²) in [6, 6.07) is 6.63. The standard InChI is InChI=1S/C15H23NO2/c1-16-14-7-5-4-6-12(14)13-10-11(17-2)8-9-15(13)18-3/h8-10,12,14,16H,4-7H2,1-3H3. The van der Waals surface area contributed by atoms with E-state index in [1.807, 2.05) is 12.1 Å². The van der Waals surface area contributed by atoms with Crippen LogP contribution in [-0.4, -0.2) is 27.3 Å². The van der Waals surface area contributed by atoms with E-state index in [-0.39, 0.29) is 0 Å². The third-order valence-electron chi connectivity index (χ3n) is 3.97. The van der Waals surface area contributed by atoms with Gasteiger partial charge in [0.1, 0.15) is 11.5 Å². The van der Waals surface area contributed by atoms with Crippen molar-refractivity contribution in [2.75, 3.05) is 21.3 Å². The van der Waals surface area contributed by atoms with Crippen molar-refractivity contribution in [1.29, 1.82) is 0 Å². The number of methoxy groups -OCH3 is 2. The van der Waals surface area contributed by atoms with Crippen molar-refractivity contribution in [3.8, 4) is 11.5 Å². The second-order valence-electron chi connectivity index (χ2n) is 4.89. The Morgan fingerprint density at radius 2 is 1.89 bits per heavy atom. The normalized spacial score (nSPS) is 23.7. The van der Waals surface area contributed by atoms with Gasteiger partial charge in [-0.2, -0.15) is 0 Å². The van der Waals surface area contributed by atoms with Crippen molar-refractivity contribution in [3.05, 3.63) is 23.8 Å². The van der Waals surface area contributed by atoms with Crippen molar-refractivity contribution in [2.24, 2.45) is 0 Å². The van der Waals surface area contributed by atoms with Gasteiger partial charge in [-0.25, -0.2) is 0 Å². The predicted octanol–water partition coefficient (Wildman–Crippen LogP) is 2.95. The highest BCUT2D eigenvalue weighted by atomic mass is 16.5. The van der Waals surface area contributed by atoms with Crippen molar-refractivity contribution in [2.45, 2.75) is 37.6 Å². The molecule has 100 valence electrons. The van der Waals surface area contributed by atoms with Crippen LogP contribution in [0.3, 0.4) is 0 Å². The van der Waals surface area contributed by atoms with E-state index in [1.165, 1.54) is 31.2 Å². The molecule has 1 saturated carbocycles. The van der Waals surface area contributed by atoms with Crippen LogP contribution in [0, 0.1) is 0 Å². The van der Waals surface area contributed by atoms with Gasteiger partial charge in [-0.3, -0.25) is 0 Å². The maximum Gasteiger partial charge on any atom is 0.122 e. The second kappa shape index (κ2) is 6.10. The van der Waals surface area contributed by atoms with Gasteiger partial charge in [0.15, 0.2) is 0 Å². The van der Waals surface area contributed by atoms with Gasteiger partial charge >= 0.3 is 0 Å². The van der Waals surface area contributed by atoms with E-state index in [9.17, 15) is 0 Å². The SMILES string of the molecule is CNC1CCCCC1c1cc(OC)ccc1OC. The monoisotopic (exact) mass is 249 g/mol. The lowest BCUT2D eigenvalue weighted by Crippen LogP contribution is -2.34. The van der Waals surface area contributed by atoms with E-state index in [0.29, 0.717) is 12.0 Å². The molecule has 0 bridgehead atoms. The minimum absolute atomic E-state index is 0.522. The van der Waals surface area contributed by atoms with E-state index in [2.05, 4.69) is 18.4 Å². The van der Waals surface area contributed by atoms with Crippen LogP contribution in [0.25, 0.3) is 0 Å². The largest absolute Gasteiger partial charge is 0.497 e. The Balaban J connectivity index is 2.34. The summed E-state index contributed by atoms with van der Waals surface area (Å²) in [5, 5.41) is 3.44. The maximum atomic E-state index is 5.51. The summed E-state index contributed by atoms with van der Waals surface area (Å²) < 4.78 is 10.8. The highest BCUT2D eigenvalue weighted by molar-refractivity contribution is 5.43. The van der Waals surface area contributed by atoms with Crippen LogP contribution in [0.4, 0.5) is 0 Å². The molecular formula is C15H23NO2. The number of rotatable bonds is 4. The molecule has 1 aromatic rings. The number of ether oxygens (including phenoxy) is 2. The molecule has 0 spiro atoms. The molecule has 0 radical (unpaired) electrons. The molecule has 3 nitrogen and oxygen atoms in total. The molecule has 0 heterocycles. The van der Waals surface area contributed by atoms with Gasteiger partial charge < -0.3 is 14.8 Å². The zero-order chi connectivity index (χ0) is 13.0. The first kappa shape index (κ1) is 13.2. The van der Waals surface area contributed by atoms with Gasteiger partial charge in [-0.15, -0.1) is 0 Å². The van der Waals surface area contributed by atoms with Crippen molar-refractivity contribution < 1.29 is 9.47 Å². The molecule has 2 atom stereocenters. The summed E-state index contributed by atoms with van der Waals surface area (Å²) in [5.74, 6) is 2.41. The van der Waals surface area contributed by atoms with Gasteiger partial charge in [-0.1, -0.05) is 12.8 Å². The van der Waals surface area contributed by atoms with Gasteiger partial charge in [0.2, 0.25) is 0 Å². The van der Waals surface area contributed by atoms with E-state index >= 15 is 0 Å². The van der Waals surface area contributed by atoms with Crippen LogP contribution in [0.15, 0.2) is 18.2 Å². The molecule has 2 unspecified atom stereocenters. The summed E-state index contributed by atoms with van der Waals surface area (Å²) >= 11 is 0. The van der Waals surface area contributed by atoms with Gasteiger partial charge in [-0.05, 0) is 38.1 Å². The lowest BCUT2D eigenvalue weighted by molar-refractivity contribution is 0.328. The Morgan fingerprint density at radius 1 is 1.11 bits per heavy atom. The van der Waals surface area contributed by atoms with E-state index in [0.717, 1.165) is 11.5 Å². The minimum atomic E-state index is 0.522. The van der Waals surface area contributed by atoms with Crippen LogP contribution in [0.5, 0.6) is 11.5 Å². The molecule has 0 saturated heterocycles. The fourth-order valence-electron chi connectivity index (χ4n) is 2.98. The summed E-state index contributed by atoms with van der Waals surface area (Å²) in [6.45, 7) is 0. The van der Waals surface area contributed by atoms with Crippen LogP contribution in [-0.2, 0) is 0 Å². The number of hydrogen-bond donors (Lipinski definition) is 1. The molecule has 0 aromatic heterocycles. The minimum Gasteiger partial charge on any atom is -0.497 e. The zero-order valence-corrected chi connectivity index (χ0v) is 11.5. The quantitative estimate of drug-likeness (QED) is 0.890. The molecule has 1 fully saturated rings. The number of likely N-dealkylation sites (N-methyl/N-ethyl adjacent to an activating group) is 1. The predicted molar refractivity (Wildman–Crippen MR) is 73.6 cm³/mol. The van der Waals surface area contributed by atoms with E-state index < -0.39 is 0 Å². The number of nitrogens with one attached hydrogen (secondary N) is 1. The van der Waals surface area contributed by atoms with Gasteiger partial charge in [0, 0.05) is 17.5 Å². The lowest BCUT2D eigenvalue weighted by atomic mass is 9.79. The topological polar surface area (TPSA) is 30.5 Å². The smallest absolute Gasteiger partial charge is 0.122 e. The first-order valence-corrected chi connectivity index (χ1v) is 6.69. The fraction of sp³-hybridized carbons (Fsp3) is 0.600. The van der Waals surface area contributed by atoms with E-state index in [4.69, 9.17) is 9.47 Å². The molecule has 1 aliphatic rings. The number of hydrogen-bond acceptors (Lipinski definition) is 3. The average molecular weight is 249 g/mol. The highest BCUT2D eigenvalue weighted by Crippen LogP contribution is 2.39. The summed E-state index contributed by atoms with van der Waals surface area (Å²) in [7, 11) is 5.50. The first-order chi connectivity index (χ1) is 8.80. The first-order valence-electron chi connectivity index (χ1n) is 6.69. The van der Waals surface area contributed by atoms with Gasteiger partial charge in [0.05, 0.1) is 14.2 Å². The molecule has 1 aromatic carbocycles. The van der Waals surface area contributed by atoms with Crippen LogP contribution < -0.4 is 14.8 Å². The molecule has 1 aliphatic carbocycles. The summed E-state index contributed by atoms with van der Waals surface area (Å²) in [4.78, 5) is 0. The molecular weight excluding hydrogens is 226 g/mol. The third kappa shape index (κ3) is 2.61. The molecule has 18 heavy (non-hydrogen) atoms. The summed E-state index contributed by atoms with van der Waals surface area (Å²) in [5.41, 5.74) is 1.27. The molecule has 1 N–H and O–H groups in total. The lowest BCUT2D eigenvalue weighted by Gasteiger charge is -2.32. The Hall–Kier alpha value is -1.22. The van der Waals surface area contributed by atoms with E-state index in [1.54, 1.807) is 14.2 Å². The average Bonchev–Trinajstić information content (AvgIpc) is 2.46. The maximum absolute atomic E-state index is 5.51. The van der Waals surface area contributed by atoms with Crippen LogP contribution >= 0.6 is 0 Å². The summed E-state index contributed by atoms with van der Waals surface area (Å²) in [6.07, 6.45) is 5.06. The number of benzene rings is 1. The van der Waals surface area contributed by atoms with Crippen LogP contribution in [0.1, 0.15) is 37.2 Å². The molecule has 0 aliphatic heterocycles. The second-order valence-corrected chi connectivity index (χ2v) is 4.89. The van der Waals surface area contributed by atoms with Crippen molar-refractivity contribution >= 4 is 0 Å². The van der Waals surface area contributed by atoms with Crippen molar-refractivity contribution in [3.63, 3.8) is 0 Å².